The van der Waals surface area contributed by atoms with Crippen LogP contribution in [-0.4, -0.2) is 13.2 Å². The number of benzene rings is 1. The van der Waals surface area contributed by atoms with Gasteiger partial charge in [0.2, 0.25) is 0 Å². The van der Waals surface area contributed by atoms with Crippen LogP contribution in [0.2, 0.25) is 0 Å². The molecule has 1 aromatic rings. The molecule has 1 aliphatic rings. The molecule has 2 heteroatoms. The van der Waals surface area contributed by atoms with Gasteiger partial charge in [-0.3, -0.25) is 0 Å². The van der Waals surface area contributed by atoms with E-state index in [4.69, 9.17) is 4.74 Å². The van der Waals surface area contributed by atoms with Crippen molar-refractivity contribution in [2.45, 2.75) is 51.6 Å². The first-order valence-corrected chi connectivity index (χ1v) is 7.09. The smallest absolute Gasteiger partial charge is 0.118 e. The molecule has 0 spiro atoms. The Balaban J connectivity index is 1.83. The Kier molecular flexibility index (Phi) is 4.65. The van der Waals surface area contributed by atoms with Crippen molar-refractivity contribution in [2.75, 3.05) is 7.11 Å². The summed E-state index contributed by atoms with van der Waals surface area (Å²) in [6.45, 7) is 4.54. The van der Waals surface area contributed by atoms with Gasteiger partial charge in [-0.25, -0.2) is 0 Å². The Hall–Kier alpha value is -1.02. The molecule has 1 aromatic carbocycles. The standard InChI is InChI=1S/C16H25NO/c1-12(11-14-5-4-6-14)17-13(2)15-7-9-16(18-3)10-8-15/h7-10,12-14,17H,4-6,11H2,1-3H3. The molecule has 0 radical (unpaired) electrons. The maximum atomic E-state index is 5.18. The Bertz CT molecular complexity index is 356. The van der Waals surface area contributed by atoms with E-state index in [2.05, 4.69) is 31.3 Å². The second-order valence-corrected chi connectivity index (χ2v) is 5.60. The fourth-order valence-corrected chi connectivity index (χ4v) is 2.71. The quantitative estimate of drug-likeness (QED) is 0.822. The van der Waals surface area contributed by atoms with Crippen LogP contribution in [0.4, 0.5) is 0 Å². The van der Waals surface area contributed by atoms with E-state index in [0.29, 0.717) is 12.1 Å². The molecule has 2 nitrogen and oxygen atoms in total. The van der Waals surface area contributed by atoms with Crippen LogP contribution < -0.4 is 10.1 Å². The normalized spacial score (nSPS) is 19.1. The summed E-state index contributed by atoms with van der Waals surface area (Å²) in [5, 5.41) is 3.69. The summed E-state index contributed by atoms with van der Waals surface area (Å²) in [5.41, 5.74) is 1.33. The predicted molar refractivity (Wildman–Crippen MR) is 76.0 cm³/mol. The highest BCUT2D eigenvalue weighted by atomic mass is 16.5. The van der Waals surface area contributed by atoms with Gasteiger partial charge in [-0.1, -0.05) is 31.4 Å². The topological polar surface area (TPSA) is 21.3 Å². The molecule has 100 valence electrons. The molecule has 18 heavy (non-hydrogen) atoms. The van der Waals surface area contributed by atoms with E-state index >= 15 is 0 Å². The monoisotopic (exact) mass is 247 g/mol. The van der Waals surface area contributed by atoms with Crippen LogP contribution in [-0.2, 0) is 0 Å². The zero-order valence-electron chi connectivity index (χ0n) is 11.8. The van der Waals surface area contributed by atoms with Crippen LogP contribution in [0, 0.1) is 5.92 Å². The molecular weight excluding hydrogens is 222 g/mol. The molecular formula is C16H25NO. The van der Waals surface area contributed by atoms with Crippen molar-refractivity contribution in [1.29, 1.82) is 0 Å². The molecule has 0 heterocycles. The third kappa shape index (κ3) is 3.49. The lowest BCUT2D eigenvalue weighted by Crippen LogP contribution is -2.32. The van der Waals surface area contributed by atoms with Gasteiger partial charge in [-0.15, -0.1) is 0 Å². The lowest BCUT2D eigenvalue weighted by molar-refractivity contribution is 0.259. The first-order chi connectivity index (χ1) is 8.69. The third-order valence-electron chi connectivity index (χ3n) is 4.06. The minimum absolute atomic E-state index is 0.408. The highest BCUT2D eigenvalue weighted by Crippen LogP contribution is 2.30. The number of ether oxygens (including phenoxy) is 1. The Morgan fingerprint density at radius 1 is 1.22 bits per heavy atom. The molecule has 2 atom stereocenters. The summed E-state index contributed by atoms with van der Waals surface area (Å²) >= 11 is 0. The molecule has 1 N–H and O–H groups in total. The number of rotatable bonds is 6. The maximum Gasteiger partial charge on any atom is 0.118 e. The third-order valence-corrected chi connectivity index (χ3v) is 4.06. The van der Waals surface area contributed by atoms with E-state index in [-0.39, 0.29) is 0 Å². The molecule has 0 bridgehead atoms. The van der Waals surface area contributed by atoms with E-state index in [1.165, 1.54) is 31.2 Å². The van der Waals surface area contributed by atoms with Gasteiger partial charge in [0.1, 0.15) is 5.75 Å². The Morgan fingerprint density at radius 3 is 2.39 bits per heavy atom. The average molecular weight is 247 g/mol. The van der Waals surface area contributed by atoms with Gasteiger partial charge in [-0.05, 0) is 43.9 Å². The zero-order valence-corrected chi connectivity index (χ0v) is 11.8. The lowest BCUT2D eigenvalue weighted by Gasteiger charge is -2.30. The van der Waals surface area contributed by atoms with Crippen molar-refractivity contribution < 1.29 is 4.74 Å². The van der Waals surface area contributed by atoms with Crippen molar-refractivity contribution in [1.82, 2.24) is 5.32 Å². The van der Waals surface area contributed by atoms with E-state index in [1.807, 2.05) is 12.1 Å². The Morgan fingerprint density at radius 2 is 1.89 bits per heavy atom. The van der Waals surface area contributed by atoms with Gasteiger partial charge in [0.15, 0.2) is 0 Å². The second-order valence-electron chi connectivity index (χ2n) is 5.60. The Labute approximate surface area is 111 Å². The van der Waals surface area contributed by atoms with Crippen molar-refractivity contribution in [3.63, 3.8) is 0 Å². The summed E-state index contributed by atoms with van der Waals surface area (Å²) in [7, 11) is 1.71. The molecule has 1 saturated carbocycles. The zero-order chi connectivity index (χ0) is 13.0. The molecule has 0 aliphatic heterocycles. The molecule has 0 aromatic heterocycles. The van der Waals surface area contributed by atoms with Gasteiger partial charge in [0, 0.05) is 12.1 Å². The number of hydrogen-bond acceptors (Lipinski definition) is 2. The summed E-state index contributed by atoms with van der Waals surface area (Å²) in [6.07, 6.45) is 5.62. The van der Waals surface area contributed by atoms with Crippen LogP contribution >= 0.6 is 0 Å². The summed E-state index contributed by atoms with van der Waals surface area (Å²) in [6, 6.07) is 9.37. The number of methoxy groups -OCH3 is 1. The van der Waals surface area contributed by atoms with E-state index in [0.717, 1.165) is 11.7 Å². The van der Waals surface area contributed by atoms with Gasteiger partial charge >= 0.3 is 0 Å². The fourth-order valence-electron chi connectivity index (χ4n) is 2.71. The lowest BCUT2D eigenvalue weighted by atomic mass is 9.81. The van der Waals surface area contributed by atoms with Crippen LogP contribution in [0.25, 0.3) is 0 Å². The first-order valence-electron chi connectivity index (χ1n) is 7.09. The predicted octanol–water partition coefficient (Wildman–Crippen LogP) is 3.92. The van der Waals surface area contributed by atoms with E-state index < -0.39 is 0 Å². The highest BCUT2D eigenvalue weighted by molar-refractivity contribution is 5.28. The summed E-state index contributed by atoms with van der Waals surface area (Å²) < 4.78 is 5.18. The second kappa shape index (κ2) is 6.24. The fraction of sp³-hybridized carbons (Fsp3) is 0.625. The minimum Gasteiger partial charge on any atom is -0.497 e. The first kappa shape index (κ1) is 13.4. The van der Waals surface area contributed by atoms with Crippen molar-refractivity contribution in [3.8, 4) is 5.75 Å². The number of nitrogens with one attached hydrogen (secondary N) is 1. The van der Waals surface area contributed by atoms with Gasteiger partial charge in [0.05, 0.1) is 7.11 Å². The van der Waals surface area contributed by atoms with Gasteiger partial charge in [-0.2, -0.15) is 0 Å². The van der Waals surface area contributed by atoms with Crippen LogP contribution in [0.1, 0.15) is 51.1 Å². The van der Waals surface area contributed by atoms with E-state index in [9.17, 15) is 0 Å². The highest BCUT2D eigenvalue weighted by Gasteiger charge is 2.20. The maximum absolute atomic E-state index is 5.18. The largest absolute Gasteiger partial charge is 0.497 e. The molecule has 0 amide bonds. The van der Waals surface area contributed by atoms with Gasteiger partial charge in [0.25, 0.3) is 0 Å². The van der Waals surface area contributed by atoms with Crippen LogP contribution in [0.3, 0.4) is 0 Å². The van der Waals surface area contributed by atoms with Crippen molar-refractivity contribution in [2.24, 2.45) is 5.92 Å². The van der Waals surface area contributed by atoms with Crippen molar-refractivity contribution in [3.05, 3.63) is 29.8 Å². The van der Waals surface area contributed by atoms with E-state index in [1.54, 1.807) is 7.11 Å². The minimum atomic E-state index is 0.408. The molecule has 2 unspecified atom stereocenters. The molecule has 1 aliphatic carbocycles. The van der Waals surface area contributed by atoms with Crippen LogP contribution in [0.15, 0.2) is 24.3 Å². The summed E-state index contributed by atoms with van der Waals surface area (Å²) in [5.74, 6) is 1.89. The summed E-state index contributed by atoms with van der Waals surface area (Å²) in [4.78, 5) is 0. The van der Waals surface area contributed by atoms with Crippen molar-refractivity contribution >= 4 is 0 Å². The molecule has 0 saturated heterocycles. The number of hydrogen-bond donors (Lipinski definition) is 1. The molecule has 1 fully saturated rings. The van der Waals surface area contributed by atoms with Gasteiger partial charge < -0.3 is 10.1 Å². The van der Waals surface area contributed by atoms with Crippen LogP contribution in [0.5, 0.6) is 5.75 Å². The SMILES string of the molecule is COc1ccc(C(C)NC(C)CC2CCC2)cc1. The average Bonchev–Trinajstić information content (AvgIpc) is 2.34. The molecule has 2 rings (SSSR count).